The molecule has 0 aliphatic carbocycles. The van der Waals surface area contributed by atoms with Crippen LogP contribution in [0, 0.1) is 0 Å². The molecule has 1 saturated heterocycles. The lowest BCUT2D eigenvalue weighted by Crippen LogP contribution is -2.53. The van der Waals surface area contributed by atoms with Gasteiger partial charge < -0.3 is 15.4 Å². The summed E-state index contributed by atoms with van der Waals surface area (Å²) in [7, 11) is 1.63. The highest BCUT2D eigenvalue weighted by atomic mass is 16.5. The summed E-state index contributed by atoms with van der Waals surface area (Å²) in [5.41, 5.74) is 1.77. The zero-order chi connectivity index (χ0) is 15.3. The molecular formula is C17H26N2O2. The van der Waals surface area contributed by atoms with Crippen molar-refractivity contribution in [2.24, 2.45) is 0 Å². The molecule has 0 bridgehead atoms. The second-order valence-electron chi connectivity index (χ2n) is 6.03. The summed E-state index contributed by atoms with van der Waals surface area (Å²) < 4.78 is 5.53. The Labute approximate surface area is 127 Å². The fourth-order valence-corrected chi connectivity index (χ4v) is 2.72. The molecule has 1 aromatic rings. The molecule has 1 aromatic carbocycles. The van der Waals surface area contributed by atoms with Crippen LogP contribution in [0.25, 0.3) is 0 Å². The lowest BCUT2D eigenvalue weighted by Gasteiger charge is -2.34. The summed E-state index contributed by atoms with van der Waals surface area (Å²) in [6.45, 7) is 6.55. The SMILES string of the molecule is COC1(C(=O)NCc2ccc(C(C)C)cc2)CCNCC1. The van der Waals surface area contributed by atoms with Crippen LogP contribution in [0.5, 0.6) is 0 Å². The second kappa shape index (κ2) is 7.05. The number of methoxy groups -OCH3 is 1. The highest BCUT2D eigenvalue weighted by Gasteiger charge is 2.39. The van der Waals surface area contributed by atoms with E-state index in [1.807, 2.05) is 0 Å². The molecule has 2 rings (SSSR count). The van der Waals surface area contributed by atoms with Crippen molar-refractivity contribution in [1.82, 2.24) is 10.6 Å². The van der Waals surface area contributed by atoms with Crippen molar-refractivity contribution < 1.29 is 9.53 Å². The van der Waals surface area contributed by atoms with Crippen LogP contribution in [0.15, 0.2) is 24.3 Å². The van der Waals surface area contributed by atoms with Gasteiger partial charge in [-0.15, -0.1) is 0 Å². The third kappa shape index (κ3) is 3.83. The Balaban J connectivity index is 1.93. The van der Waals surface area contributed by atoms with Gasteiger partial charge in [0, 0.05) is 13.7 Å². The van der Waals surface area contributed by atoms with E-state index < -0.39 is 5.60 Å². The molecule has 4 nitrogen and oxygen atoms in total. The minimum Gasteiger partial charge on any atom is -0.368 e. The maximum Gasteiger partial charge on any atom is 0.252 e. The number of hydrogen-bond acceptors (Lipinski definition) is 3. The van der Waals surface area contributed by atoms with E-state index in [1.165, 1.54) is 5.56 Å². The zero-order valence-corrected chi connectivity index (χ0v) is 13.2. The van der Waals surface area contributed by atoms with Gasteiger partial charge in [0.1, 0.15) is 5.60 Å². The normalized spacial score (nSPS) is 17.7. The molecule has 1 heterocycles. The Kier molecular flexibility index (Phi) is 5.37. The first kappa shape index (κ1) is 16.0. The van der Waals surface area contributed by atoms with Gasteiger partial charge >= 0.3 is 0 Å². The summed E-state index contributed by atoms with van der Waals surface area (Å²) in [6, 6.07) is 8.42. The predicted molar refractivity (Wildman–Crippen MR) is 84.2 cm³/mol. The topological polar surface area (TPSA) is 50.4 Å². The number of carbonyl (C=O) groups is 1. The lowest BCUT2D eigenvalue weighted by atomic mass is 9.91. The molecule has 2 N–H and O–H groups in total. The van der Waals surface area contributed by atoms with Gasteiger partial charge in [-0.05, 0) is 43.0 Å². The zero-order valence-electron chi connectivity index (χ0n) is 13.2. The largest absolute Gasteiger partial charge is 0.368 e. The monoisotopic (exact) mass is 290 g/mol. The second-order valence-corrected chi connectivity index (χ2v) is 6.03. The molecule has 0 spiro atoms. The average Bonchev–Trinajstić information content (AvgIpc) is 2.53. The molecule has 0 saturated carbocycles. The van der Waals surface area contributed by atoms with Crippen LogP contribution < -0.4 is 10.6 Å². The van der Waals surface area contributed by atoms with Gasteiger partial charge in [-0.3, -0.25) is 4.79 Å². The Morgan fingerprint density at radius 1 is 1.29 bits per heavy atom. The molecule has 0 aromatic heterocycles. The minimum atomic E-state index is -0.664. The fourth-order valence-electron chi connectivity index (χ4n) is 2.72. The standard InChI is InChI=1S/C17H26N2O2/c1-13(2)15-6-4-14(5-7-15)12-19-16(20)17(21-3)8-10-18-11-9-17/h4-7,13,18H,8-12H2,1-3H3,(H,19,20). The van der Waals surface area contributed by atoms with E-state index in [-0.39, 0.29) is 5.91 Å². The quantitative estimate of drug-likeness (QED) is 0.874. The molecule has 4 heteroatoms. The van der Waals surface area contributed by atoms with Gasteiger partial charge in [0.05, 0.1) is 0 Å². The van der Waals surface area contributed by atoms with Crippen LogP contribution >= 0.6 is 0 Å². The molecule has 21 heavy (non-hydrogen) atoms. The summed E-state index contributed by atoms with van der Waals surface area (Å²) in [4.78, 5) is 12.4. The highest BCUT2D eigenvalue weighted by molar-refractivity contribution is 5.85. The van der Waals surface area contributed by atoms with Crippen LogP contribution in [0.3, 0.4) is 0 Å². The number of ether oxygens (including phenoxy) is 1. The number of nitrogens with one attached hydrogen (secondary N) is 2. The van der Waals surface area contributed by atoms with Crippen molar-refractivity contribution in [3.63, 3.8) is 0 Å². The molecule has 1 amide bonds. The van der Waals surface area contributed by atoms with E-state index in [2.05, 4.69) is 48.7 Å². The third-order valence-electron chi connectivity index (χ3n) is 4.32. The van der Waals surface area contributed by atoms with Crippen molar-refractivity contribution in [2.75, 3.05) is 20.2 Å². The number of amides is 1. The van der Waals surface area contributed by atoms with Gasteiger partial charge in [0.15, 0.2) is 0 Å². The van der Waals surface area contributed by atoms with E-state index in [0.29, 0.717) is 12.5 Å². The number of piperidine rings is 1. The average molecular weight is 290 g/mol. The van der Waals surface area contributed by atoms with Crippen molar-refractivity contribution >= 4 is 5.91 Å². The van der Waals surface area contributed by atoms with Crippen molar-refractivity contribution in [2.45, 2.75) is 44.8 Å². The molecule has 1 aliphatic rings. The van der Waals surface area contributed by atoms with Gasteiger partial charge in [0.25, 0.3) is 5.91 Å². The first-order valence-corrected chi connectivity index (χ1v) is 7.70. The lowest BCUT2D eigenvalue weighted by molar-refractivity contribution is -0.146. The summed E-state index contributed by atoms with van der Waals surface area (Å²) in [5.74, 6) is 0.527. The maximum atomic E-state index is 12.4. The molecule has 1 aliphatic heterocycles. The summed E-state index contributed by atoms with van der Waals surface area (Å²) in [5, 5.41) is 6.28. The molecule has 0 radical (unpaired) electrons. The van der Waals surface area contributed by atoms with Crippen LogP contribution in [-0.4, -0.2) is 31.7 Å². The van der Waals surface area contributed by atoms with Crippen LogP contribution in [0.1, 0.15) is 43.7 Å². The summed E-state index contributed by atoms with van der Waals surface area (Å²) in [6.07, 6.45) is 1.45. The van der Waals surface area contributed by atoms with Crippen LogP contribution in [-0.2, 0) is 16.1 Å². The number of hydrogen-bond donors (Lipinski definition) is 2. The Hall–Kier alpha value is -1.39. The fraction of sp³-hybridized carbons (Fsp3) is 0.588. The minimum absolute atomic E-state index is 0.000522. The number of carbonyl (C=O) groups excluding carboxylic acids is 1. The Bertz CT molecular complexity index is 462. The summed E-state index contributed by atoms with van der Waals surface area (Å²) >= 11 is 0. The first-order chi connectivity index (χ1) is 10.1. The van der Waals surface area contributed by atoms with Crippen LogP contribution in [0.2, 0.25) is 0 Å². The first-order valence-electron chi connectivity index (χ1n) is 7.70. The van der Waals surface area contributed by atoms with E-state index in [4.69, 9.17) is 4.74 Å². The third-order valence-corrected chi connectivity index (χ3v) is 4.32. The van der Waals surface area contributed by atoms with E-state index in [9.17, 15) is 4.79 Å². The molecule has 0 unspecified atom stereocenters. The number of rotatable bonds is 5. The Morgan fingerprint density at radius 2 is 1.90 bits per heavy atom. The molecule has 116 valence electrons. The van der Waals surface area contributed by atoms with E-state index >= 15 is 0 Å². The van der Waals surface area contributed by atoms with Crippen LogP contribution in [0.4, 0.5) is 0 Å². The van der Waals surface area contributed by atoms with Crippen molar-refractivity contribution in [1.29, 1.82) is 0 Å². The van der Waals surface area contributed by atoms with Crippen molar-refractivity contribution in [3.05, 3.63) is 35.4 Å². The van der Waals surface area contributed by atoms with Gasteiger partial charge in [-0.1, -0.05) is 38.1 Å². The maximum absolute atomic E-state index is 12.4. The highest BCUT2D eigenvalue weighted by Crippen LogP contribution is 2.23. The smallest absolute Gasteiger partial charge is 0.252 e. The van der Waals surface area contributed by atoms with Gasteiger partial charge in [-0.25, -0.2) is 0 Å². The van der Waals surface area contributed by atoms with Crippen molar-refractivity contribution in [3.8, 4) is 0 Å². The molecular weight excluding hydrogens is 264 g/mol. The van der Waals surface area contributed by atoms with E-state index in [1.54, 1.807) is 7.11 Å². The predicted octanol–water partition coefficient (Wildman–Crippen LogP) is 2.19. The van der Waals surface area contributed by atoms with E-state index in [0.717, 1.165) is 31.5 Å². The Morgan fingerprint density at radius 3 is 2.43 bits per heavy atom. The molecule has 0 atom stereocenters. The van der Waals surface area contributed by atoms with Gasteiger partial charge in [0.2, 0.25) is 0 Å². The van der Waals surface area contributed by atoms with Gasteiger partial charge in [-0.2, -0.15) is 0 Å². The molecule has 1 fully saturated rings. The number of benzene rings is 1.